The average Bonchev–Trinajstić information content (AvgIpc) is 3.34. The number of carbonyl (C=O) groups is 3. The van der Waals surface area contributed by atoms with Crippen LogP contribution in [0, 0.1) is 13.8 Å². The fraction of sp³-hybridized carbons (Fsp3) is 0.350. The van der Waals surface area contributed by atoms with Crippen LogP contribution in [0.4, 0.5) is 4.79 Å². The fourth-order valence-corrected chi connectivity index (χ4v) is 3.94. The van der Waals surface area contributed by atoms with E-state index in [2.05, 4.69) is 9.30 Å². The summed E-state index contributed by atoms with van der Waals surface area (Å²) in [6.07, 6.45) is 1.73. The first kappa shape index (κ1) is 20.9. The summed E-state index contributed by atoms with van der Waals surface area (Å²) in [7, 11) is 2.90. The molecule has 0 unspecified atom stereocenters. The van der Waals surface area contributed by atoms with Crippen molar-refractivity contribution in [2.24, 2.45) is 0 Å². The highest BCUT2D eigenvalue weighted by molar-refractivity contribution is 8.18. The molecule has 154 valence electrons. The van der Waals surface area contributed by atoms with Gasteiger partial charge in [0.15, 0.2) is 0 Å². The Morgan fingerprint density at radius 2 is 2.00 bits per heavy atom. The molecule has 8 nitrogen and oxygen atoms in total. The monoisotopic (exact) mass is 418 g/mol. The van der Waals surface area contributed by atoms with E-state index in [0.717, 1.165) is 33.6 Å². The Hall–Kier alpha value is -2.78. The van der Waals surface area contributed by atoms with Gasteiger partial charge in [-0.05, 0) is 55.4 Å². The molecule has 0 atom stereocenters. The summed E-state index contributed by atoms with van der Waals surface area (Å²) in [6, 6.07) is 4.97. The molecule has 0 aliphatic carbocycles. The number of nitrogens with zero attached hydrogens (tertiary/aromatic N) is 2. The van der Waals surface area contributed by atoms with E-state index in [-0.39, 0.29) is 17.5 Å². The Labute approximate surface area is 172 Å². The first-order valence-corrected chi connectivity index (χ1v) is 9.75. The smallest absolute Gasteiger partial charge is 0.373 e. The molecule has 0 N–H and O–H groups in total. The van der Waals surface area contributed by atoms with Crippen molar-refractivity contribution >= 4 is 35.0 Å². The number of hydrogen-bond acceptors (Lipinski definition) is 7. The quantitative estimate of drug-likeness (QED) is 0.503. The number of methoxy groups -OCH3 is 2. The van der Waals surface area contributed by atoms with Gasteiger partial charge in [-0.3, -0.25) is 14.5 Å². The first-order valence-electron chi connectivity index (χ1n) is 8.93. The molecule has 0 spiro atoms. The summed E-state index contributed by atoms with van der Waals surface area (Å²) in [6.45, 7) is 5.21. The molecule has 0 aromatic carbocycles. The second-order valence-electron chi connectivity index (χ2n) is 6.50. The van der Waals surface area contributed by atoms with Gasteiger partial charge in [-0.2, -0.15) is 0 Å². The van der Waals surface area contributed by atoms with Crippen LogP contribution in [0.2, 0.25) is 0 Å². The third-order valence-corrected chi connectivity index (χ3v) is 5.56. The second kappa shape index (κ2) is 8.71. The van der Waals surface area contributed by atoms with E-state index >= 15 is 0 Å². The van der Waals surface area contributed by atoms with Crippen molar-refractivity contribution in [2.75, 3.05) is 20.8 Å². The fourth-order valence-electron chi connectivity index (χ4n) is 3.11. The van der Waals surface area contributed by atoms with E-state index in [1.807, 2.05) is 19.9 Å². The average molecular weight is 418 g/mol. The van der Waals surface area contributed by atoms with Crippen LogP contribution in [0.3, 0.4) is 0 Å². The minimum absolute atomic E-state index is 0.0218. The number of furan rings is 1. The van der Waals surface area contributed by atoms with Crippen molar-refractivity contribution in [2.45, 2.75) is 26.9 Å². The number of esters is 1. The van der Waals surface area contributed by atoms with E-state index in [9.17, 15) is 14.4 Å². The minimum Gasteiger partial charge on any atom is -0.463 e. The molecule has 1 aliphatic heterocycles. The Morgan fingerprint density at radius 1 is 1.24 bits per heavy atom. The molecule has 0 radical (unpaired) electrons. The van der Waals surface area contributed by atoms with Crippen molar-refractivity contribution in [3.8, 4) is 0 Å². The van der Waals surface area contributed by atoms with Gasteiger partial charge in [0.05, 0.1) is 25.2 Å². The topological polar surface area (TPSA) is 91.0 Å². The molecule has 1 aliphatic rings. The number of carbonyl (C=O) groups excluding carboxylic acids is 3. The lowest BCUT2D eigenvalue weighted by Crippen LogP contribution is -2.27. The van der Waals surface area contributed by atoms with Crippen molar-refractivity contribution in [1.82, 2.24) is 9.47 Å². The molecule has 3 rings (SSSR count). The zero-order valence-electron chi connectivity index (χ0n) is 16.7. The lowest BCUT2D eigenvalue weighted by molar-refractivity contribution is -0.123. The maximum absolute atomic E-state index is 12.8. The molecule has 9 heteroatoms. The predicted octanol–water partition coefficient (Wildman–Crippen LogP) is 3.37. The Balaban J connectivity index is 1.78. The van der Waals surface area contributed by atoms with Crippen molar-refractivity contribution in [3.05, 3.63) is 51.6 Å². The lowest BCUT2D eigenvalue weighted by atomic mass is 10.2. The van der Waals surface area contributed by atoms with Gasteiger partial charge in [-0.25, -0.2) is 4.79 Å². The van der Waals surface area contributed by atoms with Crippen LogP contribution >= 0.6 is 11.8 Å². The van der Waals surface area contributed by atoms with E-state index in [1.165, 1.54) is 13.2 Å². The van der Waals surface area contributed by atoms with Crippen LogP contribution < -0.4 is 0 Å². The largest absolute Gasteiger partial charge is 0.463 e. The van der Waals surface area contributed by atoms with Crippen molar-refractivity contribution in [1.29, 1.82) is 0 Å². The molecular formula is C20H22N2O6S. The van der Waals surface area contributed by atoms with Gasteiger partial charge in [-0.1, -0.05) is 0 Å². The number of hydrogen-bond donors (Lipinski definition) is 0. The number of aromatic nitrogens is 1. The molecule has 1 fully saturated rings. The Kier molecular flexibility index (Phi) is 6.29. The van der Waals surface area contributed by atoms with Gasteiger partial charge in [0.1, 0.15) is 5.76 Å². The molecule has 3 heterocycles. The molecule has 2 aromatic rings. The van der Waals surface area contributed by atoms with Crippen LogP contribution in [0.15, 0.2) is 27.5 Å². The summed E-state index contributed by atoms with van der Waals surface area (Å²) < 4.78 is 17.2. The highest BCUT2D eigenvalue weighted by Crippen LogP contribution is 2.34. The highest BCUT2D eigenvalue weighted by atomic mass is 32.2. The second-order valence-corrected chi connectivity index (χ2v) is 7.49. The van der Waals surface area contributed by atoms with E-state index in [0.29, 0.717) is 23.8 Å². The van der Waals surface area contributed by atoms with Crippen molar-refractivity contribution < 1.29 is 28.3 Å². The summed E-state index contributed by atoms with van der Waals surface area (Å²) in [4.78, 5) is 38.0. The number of imide groups is 1. The molecule has 0 saturated carbocycles. The summed E-state index contributed by atoms with van der Waals surface area (Å²) in [5, 5.41) is -0.384. The van der Waals surface area contributed by atoms with Crippen LogP contribution in [0.5, 0.6) is 0 Å². The van der Waals surface area contributed by atoms with Gasteiger partial charge in [0.25, 0.3) is 11.1 Å². The SMILES string of the molecule is COCCn1c(C)cc(/C=C2/SC(=O)N(Cc3ccc(C(=O)OC)o3)C2=O)c1C. The summed E-state index contributed by atoms with van der Waals surface area (Å²) >= 11 is 0.886. The maximum atomic E-state index is 12.8. The van der Waals surface area contributed by atoms with E-state index < -0.39 is 11.9 Å². The third-order valence-electron chi connectivity index (χ3n) is 4.65. The Morgan fingerprint density at radius 3 is 2.69 bits per heavy atom. The number of ether oxygens (including phenoxy) is 2. The molecular weight excluding hydrogens is 396 g/mol. The number of thioether (sulfide) groups is 1. The van der Waals surface area contributed by atoms with Gasteiger partial charge >= 0.3 is 5.97 Å². The Bertz CT molecular complexity index is 987. The van der Waals surface area contributed by atoms with Gasteiger partial charge in [0, 0.05) is 25.0 Å². The molecule has 1 saturated heterocycles. The standard InChI is InChI=1S/C20H22N2O6S/c1-12-9-14(13(2)21(12)7-8-26-3)10-17-18(23)22(20(25)29-17)11-15-5-6-16(28-15)19(24)27-4/h5-6,9-10H,7-8,11H2,1-4H3/b17-10+. The van der Waals surface area contributed by atoms with Crippen LogP contribution in [0.1, 0.15) is 33.3 Å². The first-order chi connectivity index (χ1) is 13.8. The van der Waals surface area contributed by atoms with E-state index in [4.69, 9.17) is 9.15 Å². The highest BCUT2D eigenvalue weighted by Gasteiger charge is 2.36. The molecule has 29 heavy (non-hydrogen) atoms. The van der Waals surface area contributed by atoms with Crippen molar-refractivity contribution in [3.63, 3.8) is 0 Å². The molecule has 2 aromatic heterocycles. The normalized spacial score (nSPS) is 15.6. The van der Waals surface area contributed by atoms with Gasteiger partial charge in [-0.15, -0.1) is 0 Å². The minimum atomic E-state index is -0.617. The van der Waals surface area contributed by atoms with Gasteiger partial charge in [0.2, 0.25) is 5.76 Å². The predicted molar refractivity (Wildman–Crippen MR) is 107 cm³/mol. The zero-order valence-corrected chi connectivity index (χ0v) is 17.5. The number of amides is 2. The lowest BCUT2D eigenvalue weighted by Gasteiger charge is -2.10. The van der Waals surface area contributed by atoms with Crippen LogP contribution in [-0.4, -0.2) is 47.4 Å². The molecule has 2 amide bonds. The van der Waals surface area contributed by atoms with E-state index in [1.54, 1.807) is 19.3 Å². The third kappa shape index (κ3) is 4.30. The summed E-state index contributed by atoms with van der Waals surface area (Å²) in [5.41, 5.74) is 2.94. The van der Waals surface area contributed by atoms with Gasteiger partial charge < -0.3 is 18.5 Å². The number of rotatable bonds is 7. The molecule has 0 bridgehead atoms. The maximum Gasteiger partial charge on any atom is 0.373 e. The van der Waals surface area contributed by atoms with Crippen LogP contribution in [-0.2, 0) is 27.4 Å². The van der Waals surface area contributed by atoms with Crippen LogP contribution in [0.25, 0.3) is 6.08 Å². The summed E-state index contributed by atoms with van der Waals surface area (Å²) in [5.74, 6) is -0.660. The number of aryl methyl sites for hydroxylation is 1. The zero-order chi connectivity index (χ0) is 21.1.